The highest BCUT2D eigenvalue weighted by molar-refractivity contribution is 9.10. The van der Waals surface area contributed by atoms with Crippen LogP contribution < -0.4 is 4.74 Å². The number of aliphatic hydroxyl groups excluding tert-OH is 1. The first-order valence-electron chi connectivity index (χ1n) is 7.90. The van der Waals surface area contributed by atoms with Crippen LogP contribution in [0.5, 0.6) is 5.75 Å². The first kappa shape index (κ1) is 19.7. The van der Waals surface area contributed by atoms with Crippen LogP contribution in [-0.2, 0) is 19.1 Å². The zero-order valence-corrected chi connectivity index (χ0v) is 16.8. The Kier molecular flexibility index (Phi) is 4.96. The Hall–Kier alpha value is -1.60. The van der Waals surface area contributed by atoms with Gasteiger partial charge in [0.1, 0.15) is 23.1 Å². The van der Waals surface area contributed by atoms with Gasteiger partial charge in [-0.25, -0.2) is 9.59 Å². The number of hydrogen-bond donors (Lipinski definition) is 1. The van der Waals surface area contributed by atoms with Crippen LogP contribution in [-0.4, -0.2) is 33.8 Å². The lowest BCUT2D eigenvalue weighted by Gasteiger charge is -2.33. The third kappa shape index (κ3) is 3.98. The summed E-state index contributed by atoms with van der Waals surface area (Å²) in [4.78, 5) is 25.7. The smallest absolute Gasteiger partial charge is 0.366 e. The molecule has 0 radical (unpaired) electrons. The van der Waals surface area contributed by atoms with Crippen molar-refractivity contribution in [1.29, 1.82) is 0 Å². The fraction of sp³-hybridized carbons (Fsp3) is 0.556. The van der Waals surface area contributed by atoms with Crippen LogP contribution >= 0.6 is 15.9 Å². The minimum Gasteiger partial charge on any atom is -0.461 e. The second kappa shape index (κ2) is 6.29. The van der Waals surface area contributed by atoms with E-state index in [0.717, 1.165) is 0 Å². The minimum atomic E-state index is -2.30. The third-order valence-corrected chi connectivity index (χ3v) is 3.82. The van der Waals surface area contributed by atoms with Crippen molar-refractivity contribution >= 4 is 27.9 Å². The van der Waals surface area contributed by atoms with Gasteiger partial charge >= 0.3 is 17.5 Å². The van der Waals surface area contributed by atoms with E-state index < -0.39 is 34.8 Å². The average Bonchev–Trinajstić information content (AvgIpc) is 2.69. The van der Waals surface area contributed by atoms with Crippen LogP contribution in [0, 0.1) is 0 Å². The molecule has 1 aliphatic heterocycles. The predicted octanol–water partition coefficient (Wildman–Crippen LogP) is 3.30. The normalized spacial score (nSPS) is 19.0. The number of carbonyl (C=O) groups excluding carboxylic acids is 2. The lowest BCUT2D eigenvalue weighted by atomic mass is 9.93. The Morgan fingerprint density at radius 1 is 1.08 bits per heavy atom. The molecule has 1 aromatic rings. The SMILES string of the molecule is CC(C)(C)OC(=O)C1(C(=O)OC(C)(C)C)Oc2ccc(Br)cc2C1O. The molecule has 1 heterocycles. The van der Waals surface area contributed by atoms with Crippen LogP contribution in [0.3, 0.4) is 0 Å². The molecule has 138 valence electrons. The molecule has 1 N–H and O–H groups in total. The largest absolute Gasteiger partial charge is 0.461 e. The molecule has 0 aromatic heterocycles. The van der Waals surface area contributed by atoms with Crippen LogP contribution in [0.4, 0.5) is 0 Å². The summed E-state index contributed by atoms with van der Waals surface area (Å²) in [5.74, 6) is -1.75. The fourth-order valence-electron chi connectivity index (χ4n) is 2.37. The maximum absolute atomic E-state index is 12.9. The summed E-state index contributed by atoms with van der Waals surface area (Å²) in [7, 11) is 0. The van der Waals surface area contributed by atoms with E-state index in [2.05, 4.69) is 15.9 Å². The van der Waals surface area contributed by atoms with Gasteiger partial charge in [-0.15, -0.1) is 0 Å². The monoisotopic (exact) mass is 414 g/mol. The van der Waals surface area contributed by atoms with Gasteiger partial charge in [0.2, 0.25) is 0 Å². The standard InChI is InChI=1S/C18H23BrO6/c1-16(2,3)24-14(21)18(15(22)25-17(4,5)6)13(20)11-9-10(19)7-8-12(11)23-18/h7-9,13,20H,1-6H3. The van der Waals surface area contributed by atoms with Gasteiger partial charge in [0.25, 0.3) is 0 Å². The van der Waals surface area contributed by atoms with Crippen molar-refractivity contribution in [3.8, 4) is 5.75 Å². The van der Waals surface area contributed by atoms with Crippen molar-refractivity contribution in [2.45, 2.75) is 64.4 Å². The Balaban J connectivity index is 2.52. The van der Waals surface area contributed by atoms with E-state index in [9.17, 15) is 14.7 Å². The topological polar surface area (TPSA) is 82.1 Å². The summed E-state index contributed by atoms with van der Waals surface area (Å²) in [6.07, 6.45) is -1.55. The first-order valence-corrected chi connectivity index (χ1v) is 8.69. The molecule has 0 amide bonds. The van der Waals surface area contributed by atoms with Crippen molar-refractivity contribution in [3.63, 3.8) is 0 Å². The second-order valence-corrected chi connectivity index (χ2v) is 8.84. The number of fused-ring (bicyclic) bond motifs is 1. The number of rotatable bonds is 2. The summed E-state index contributed by atoms with van der Waals surface area (Å²) < 4.78 is 17.0. The number of aliphatic hydroxyl groups is 1. The van der Waals surface area contributed by atoms with Gasteiger partial charge in [0, 0.05) is 10.0 Å². The minimum absolute atomic E-state index is 0.229. The molecule has 0 fully saturated rings. The molecule has 1 atom stereocenters. The van der Waals surface area contributed by atoms with Gasteiger partial charge in [-0.2, -0.15) is 0 Å². The lowest BCUT2D eigenvalue weighted by Crippen LogP contribution is -2.57. The van der Waals surface area contributed by atoms with Crippen molar-refractivity contribution in [3.05, 3.63) is 28.2 Å². The maximum atomic E-state index is 12.9. The average molecular weight is 415 g/mol. The molecule has 0 saturated heterocycles. The van der Waals surface area contributed by atoms with Gasteiger partial charge < -0.3 is 19.3 Å². The number of esters is 2. The molecule has 25 heavy (non-hydrogen) atoms. The Labute approximate surface area is 155 Å². The fourth-order valence-corrected chi connectivity index (χ4v) is 2.75. The Bertz CT molecular complexity index is 670. The van der Waals surface area contributed by atoms with E-state index in [-0.39, 0.29) is 5.75 Å². The molecule has 0 bridgehead atoms. The Morgan fingerprint density at radius 3 is 2.00 bits per heavy atom. The van der Waals surface area contributed by atoms with Gasteiger partial charge in [0.05, 0.1) is 0 Å². The van der Waals surface area contributed by atoms with Crippen LogP contribution in [0.25, 0.3) is 0 Å². The van der Waals surface area contributed by atoms with Crippen LogP contribution in [0.2, 0.25) is 0 Å². The number of ether oxygens (including phenoxy) is 3. The molecular formula is C18H23BrO6. The molecule has 0 spiro atoms. The molecule has 2 rings (SSSR count). The van der Waals surface area contributed by atoms with Crippen molar-refractivity contribution in [2.75, 3.05) is 0 Å². The highest BCUT2D eigenvalue weighted by atomic mass is 79.9. The van der Waals surface area contributed by atoms with Crippen LogP contribution in [0.15, 0.2) is 22.7 Å². The zero-order valence-electron chi connectivity index (χ0n) is 15.2. The van der Waals surface area contributed by atoms with E-state index in [4.69, 9.17) is 14.2 Å². The summed E-state index contributed by atoms with van der Waals surface area (Å²) in [5, 5.41) is 10.8. The summed E-state index contributed by atoms with van der Waals surface area (Å²) in [5.41, 5.74) is -3.73. The molecule has 1 unspecified atom stereocenters. The molecule has 0 aliphatic carbocycles. The molecule has 6 nitrogen and oxygen atoms in total. The number of benzene rings is 1. The molecule has 1 aliphatic rings. The molecule has 1 aromatic carbocycles. The summed E-state index contributed by atoms with van der Waals surface area (Å²) >= 11 is 3.30. The van der Waals surface area contributed by atoms with Crippen molar-refractivity contribution < 1.29 is 28.9 Å². The molecular weight excluding hydrogens is 392 g/mol. The van der Waals surface area contributed by atoms with Crippen LogP contribution in [0.1, 0.15) is 53.2 Å². The quantitative estimate of drug-likeness (QED) is 0.590. The Morgan fingerprint density at radius 2 is 1.56 bits per heavy atom. The van der Waals surface area contributed by atoms with Crippen molar-refractivity contribution in [1.82, 2.24) is 0 Å². The third-order valence-electron chi connectivity index (χ3n) is 3.33. The first-order chi connectivity index (χ1) is 11.3. The van der Waals surface area contributed by atoms with E-state index in [1.165, 1.54) is 0 Å². The van der Waals surface area contributed by atoms with Gasteiger partial charge in [-0.1, -0.05) is 15.9 Å². The van der Waals surface area contributed by atoms with E-state index in [0.29, 0.717) is 10.0 Å². The van der Waals surface area contributed by atoms with E-state index in [1.807, 2.05) is 0 Å². The van der Waals surface area contributed by atoms with Gasteiger partial charge in [-0.05, 0) is 59.7 Å². The zero-order chi connectivity index (χ0) is 19.2. The van der Waals surface area contributed by atoms with Crippen molar-refractivity contribution in [2.24, 2.45) is 0 Å². The van der Waals surface area contributed by atoms with Gasteiger partial charge in [-0.3, -0.25) is 0 Å². The number of carbonyl (C=O) groups is 2. The highest BCUT2D eigenvalue weighted by Crippen LogP contribution is 2.46. The second-order valence-electron chi connectivity index (χ2n) is 7.93. The highest BCUT2D eigenvalue weighted by Gasteiger charge is 2.64. The maximum Gasteiger partial charge on any atom is 0.366 e. The van der Waals surface area contributed by atoms with E-state index >= 15 is 0 Å². The summed E-state index contributed by atoms with van der Waals surface area (Å²) in [6, 6.07) is 4.85. The van der Waals surface area contributed by atoms with E-state index in [1.54, 1.807) is 59.7 Å². The lowest BCUT2D eigenvalue weighted by molar-refractivity contribution is -0.200. The van der Waals surface area contributed by atoms with Gasteiger partial charge in [0.15, 0.2) is 0 Å². The molecule has 0 saturated carbocycles. The predicted molar refractivity (Wildman–Crippen MR) is 94.2 cm³/mol. The molecule has 7 heteroatoms. The summed E-state index contributed by atoms with van der Waals surface area (Å²) in [6.45, 7) is 9.99. The number of halogens is 1. The number of hydrogen-bond acceptors (Lipinski definition) is 6.